The number of hydrogen-bond donors (Lipinski definition) is 1. The topological polar surface area (TPSA) is 49.4 Å². The number of amides is 2. The lowest BCUT2D eigenvalue weighted by Crippen LogP contribution is -2.36. The van der Waals surface area contributed by atoms with E-state index in [9.17, 15) is 9.59 Å². The van der Waals surface area contributed by atoms with Crippen molar-refractivity contribution in [2.45, 2.75) is 12.3 Å². The van der Waals surface area contributed by atoms with Gasteiger partial charge in [0, 0.05) is 19.0 Å². The van der Waals surface area contributed by atoms with E-state index in [-0.39, 0.29) is 17.7 Å². The Labute approximate surface area is 135 Å². The van der Waals surface area contributed by atoms with Crippen LogP contribution >= 0.6 is 0 Å². The monoisotopic (exact) mass is 306 g/mol. The molecule has 0 saturated heterocycles. The van der Waals surface area contributed by atoms with Crippen molar-refractivity contribution in [2.75, 3.05) is 19.6 Å². The molecule has 4 nitrogen and oxygen atoms in total. The van der Waals surface area contributed by atoms with Crippen molar-refractivity contribution in [1.29, 1.82) is 0 Å². The summed E-state index contributed by atoms with van der Waals surface area (Å²) in [5.41, 5.74) is 3.59. The molecule has 4 heteroatoms. The van der Waals surface area contributed by atoms with Crippen LogP contribution in [0, 0.1) is 0 Å². The largest absolute Gasteiger partial charge is 0.316 e. The number of fused-ring (bicyclic) bond motifs is 2. The smallest absolute Gasteiger partial charge is 0.261 e. The third-order valence-electron chi connectivity index (χ3n) is 4.74. The molecule has 1 unspecified atom stereocenters. The number of rotatable bonds is 2. The zero-order valence-electron chi connectivity index (χ0n) is 12.8. The zero-order valence-corrected chi connectivity index (χ0v) is 12.8. The molecule has 0 radical (unpaired) electrons. The summed E-state index contributed by atoms with van der Waals surface area (Å²) in [4.78, 5) is 26.5. The maximum Gasteiger partial charge on any atom is 0.261 e. The highest BCUT2D eigenvalue weighted by atomic mass is 16.2. The minimum atomic E-state index is -0.174. The van der Waals surface area contributed by atoms with Crippen molar-refractivity contribution in [3.63, 3.8) is 0 Å². The van der Waals surface area contributed by atoms with Gasteiger partial charge < -0.3 is 5.32 Å². The van der Waals surface area contributed by atoms with Crippen LogP contribution in [-0.2, 0) is 6.42 Å². The molecule has 116 valence electrons. The first kappa shape index (κ1) is 14.2. The fraction of sp³-hybridized carbons (Fsp3) is 0.263. The van der Waals surface area contributed by atoms with Gasteiger partial charge in [-0.05, 0) is 36.2 Å². The van der Waals surface area contributed by atoms with Gasteiger partial charge in [0.25, 0.3) is 11.8 Å². The maximum atomic E-state index is 12.6. The van der Waals surface area contributed by atoms with Gasteiger partial charge in [-0.15, -0.1) is 0 Å². The Morgan fingerprint density at radius 3 is 2.35 bits per heavy atom. The van der Waals surface area contributed by atoms with E-state index in [0.717, 1.165) is 19.5 Å². The normalized spacial score (nSPS) is 20.2. The predicted molar refractivity (Wildman–Crippen MR) is 87.6 cm³/mol. The SMILES string of the molecule is O=C1c2ccccc2C(=O)N1CC1CNCCc2ccccc21. The average Bonchev–Trinajstić information content (AvgIpc) is 2.75. The second-order valence-corrected chi connectivity index (χ2v) is 6.12. The van der Waals surface area contributed by atoms with Gasteiger partial charge in [-0.25, -0.2) is 0 Å². The van der Waals surface area contributed by atoms with Crippen LogP contribution in [-0.4, -0.2) is 36.3 Å². The van der Waals surface area contributed by atoms with Gasteiger partial charge in [-0.3, -0.25) is 14.5 Å². The Hall–Kier alpha value is -2.46. The van der Waals surface area contributed by atoms with Gasteiger partial charge in [-0.1, -0.05) is 36.4 Å². The Balaban J connectivity index is 1.65. The summed E-state index contributed by atoms with van der Waals surface area (Å²) >= 11 is 0. The van der Waals surface area contributed by atoms with Crippen LogP contribution in [0.4, 0.5) is 0 Å². The third kappa shape index (κ3) is 2.35. The van der Waals surface area contributed by atoms with E-state index in [1.54, 1.807) is 24.3 Å². The third-order valence-corrected chi connectivity index (χ3v) is 4.74. The molecule has 0 spiro atoms. The van der Waals surface area contributed by atoms with Crippen LogP contribution in [0.25, 0.3) is 0 Å². The highest BCUT2D eigenvalue weighted by molar-refractivity contribution is 6.21. The Bertz CT molecular complexity index is 749. The highest BCUT2D eigenvalue weighted by Gasteiger charge is 2.37. The van der Waals surface area contributed by atoms with E-state index in [1.807, 2.05) is 12.1 Å². The van der Waals surface area contributed by atoms with Crippen LogP contribution in [0.1, 0.15) is 37.8 Å². The molecule has 4 rings (SSSR count). The summed E-state index contributed by atoms with van der Waals surface area (Å²) in [6.45, 7) is 2.14. The summed E-state index contributed by atoms with van der Waals surface area (Å²) in [6.07, 6.45) is 0.981. The van der Waals surface area contributed by atoms with Crippen molar-refractivity contribution in [3.8, 4) is 0 Å². The summed E-state index contributed by atoms with van der Waals surface area (Å²) in [5, 5.41) is 3.42. The van der Waals surface area contributed by atoms with Gasteiger partial charge in [0.15, 0.2) is 0 Å². The molecule has 2 aliphatic heterocycles. The van der Waals surface area contributed by atoms with Crippen LogP contribution < -0.4 is 5.32 Å². The highest BCUT2D eigenvalue weighted by Crippen LogP contribution is 2.28. The lowest BCUT2D eigenvalue weighted by atomic mass is 9.93. The molecule has 2 aromatic rings. The first-order valence-corrected chi connectivity index (χ1v) is 7.99. The summed E-state index contributed by atoms with van der Waals surface area (Å²) in [7, 11) is 0. The second kappa shape index (κ2) is 5.63. The number of nitrogens with zero attached hydrogens (tertiary/aromatic N) is 1. The first-order valence-electron chi connectivity index (χ1n) is 7.99. The van der Waals surface area contributed by atoms with E-state index in [2.05, 4.69) is 17.4 Å². The van der Waals surface area contributed by atoms with E-state index < -0.39 is 0 Å². The van der Waals surface area contributed by atoms with Gasteiger partial charge in [0.1, 0.15) is 0 Å². The quantitative estimate of drug-likeness (QED) is 0.866. The molecule has 2 heterocycles. The standard InChI is InChI=1S/C19H18N2O2/c22-18-16-7-3-4-8-17(16)19(23)21(18)12-14-11-20-10-9-13-5-1-2-6-15(13)14/h1-8,14,20H,9-12H2. The molecule has 0 fully saturated rings. The molecule has 0 aliphatic carbocycles. The minimum Gasteiger partial charge on any atom is -0.316 e. The van der Waals surface area contributed by atoms with Gasteiger partial charge in [0.05, 0.1) is 11.1 Å². The van der Waals surface area contributed by atoms with Gasteiger partial charge in [-0.2, -0.15) is 0 Å². The molecular formula is C19H18N2O2. The molecule has 2 amide bonds. The average molecular weight is 306 g/mol. The number of imide groups is 1. The van der Waals surface area contributed by atoms with E-state index in [0.29, 0.717) is 17.7 Å². The molecule has 1 atom stereocenters. The van der Waals surface area contributed by atoms with Gasteiger partial charge >= 0.3 is 0 Å². The van der Waals surface area contributed by atoms with Crippen molar-refractivity contribution < 1.29 is 9.59 Å². The Morgan fingerprint density at radius 1 is 0.957 bits per heavy atom. The summed E-state index contributed by atoms with van der Waals surface area (Å²) < 4.78 is 0. The predicted octanol–water partition coefficient (Wildman–Crippen LogP) is 2.21. The summed E-state index contributed by atoms with van der Waals surface area (Å²) in [5.74, 6) is -0.212. The number of nitrogens with one attached hydrogen (secondary N) is 1. The fourth-order valence-electron chi connectivity index (χ4n) is 3.56. The minimum absolute atomic E-state index is 0.135. The Kier molecular flexibility index (Phi) is 3.46. The lowest BCUT2D eigenvalue weighted by Gasteiger charge is -2.23. The molecule has 0 aromatic heterocycles. The molecule has 2 aromatic carbocycles. The maximum absolute atomic E-state index is 12.6. The van der Waals surface area contributed by atoms with Gasteiger partial charge in [0.2, 0.25) is 0 Å². The summed E-state index contributed by atoms with van der Waals surface area (Å²) in [6, 6.07) is 15.4. The van der Waals surface area contributed by atoms with Crippen LogP contribution in [0.5, 0.6) is 0 Å². The Morgan fingerprint density at radius 2 is 1.61 bits per heavy atom. The van der Waals surface area contributed by atoms with Crippen molar-refractivity contribution in [2.24, 2.45) is 0 Å². The zero-order chi connectivity index (χ0) is 15.8. The van der Waals surface area contributed by atoms with E-state index in [4.69, 9.17) is 0 Å². The fourth-order valence-corrected chi connectivity index (χ4v) is 3.56. The van der Waals surface area contributed by atoms with Crippen molar-refractivity contribution in [3.05, 3.63) is 70.8 Å². The van der Waals surface area contributed by atoms with Crippen LogP contribution in [0.15, 0.2) is 48.5 Å². The number of carbonyl (C=O) groups is 2. The number of benzene rings is 2. The van der Waals surface area contributed by atoms with Crippen LogP contribution in [0.2, 0.25) is 0 Å². The molecule has 23 heavy (non-hydrogen) atoms. The molecule has 0 bridgehead atoms. The van der Waals surface area contributed by atoms with E-state index >= 15 is 0 Å². The molecular weight excluding hydrogens is 288 g/mol. The number of carbonyl (C=O) groups excluding carboxylic acids is 2. The number of hydrogen-bond acceptors (Lipinski definition) is 3. The molecule has 0 saturated carbocycles. The second-order valence-electron chi connectivity index (χ2n) is 6.12. The molecule has 2 aliphatic rings. The van der Waals surface area contributed by atoms with E-state index in [1.165, 1.54) is 16.0 Å². The molecule has 1 N–H and O–H groups in total. The van der Waals surface area contributed by atoms with Crippen molar-refractivity contribution >= 4 is 11.8 Å². The lowest BCUT2D eigenvalue weighted by molar-refractivity contribution is 0.0644. The van der Waals surface area contributed by atoms with Crippen molar-refractivity contribution in [1.82, 2.24) is 10.2 Å². The first-order chi connectivity index (χ1) is 11.3. The van der Waals surface area contributed by atoms with Crippen LogP contribution in [0.3, 0.4) is 0 Å².